The molecule has 226 valence electrons. The largest absolute Gasteiger partial charge is 0.444 e. The van der Waals surface area contributed by atoms with E-state index in [2.05, 4.69) is 39.2 Å². The Labute approximate surface area is 253 Å². The summed E-state index contributed by atoms with van der Waals surface area (Å²) in [6.45, 7) is 8.34. The quantitative estimate of drug-likeness (QED) is 0.329. The Balaban J connectivity index is 1.16. The topological polar surface area (TPSA) is 107 Å². The highest BCUT2D eigenvalue weighted by atomic mass is 35.5. The van der Waals surface area contributed by atoms with Gasteiger partial charge in [-0.2, -0.15) is 9.61 Å². The first-order valence-electron chi connectivity index (χ1n) is 14.4. The van der Waals surface area contributed by atoms with Crippen LogP contribution in [0.4, 0.5) is 21.7 Å². The van der Waals surface area contributed by atoms with Gasteiger partial charge in [0.25, 0.3) is 0 Å². The number of amides is 1. The van der Waals surface area contributed by atoms with E-state index in [-0.39, 0.29) is 37.1 Å². The van der Waals surface area contributed by atoms with Crippen molar-refractivity contribution in [1.82, 2.24) is 29.3 Å². The molecule has 3 aromatic rings. The normalized spacial score (nSPS) is 19.0. The van der Waals surface area contributed by atoms with Gasteiger partial charge in [0, 0.05) is 61.1 Å². The van der Waals surface area contributed by atoms with E-state index in [1.54, 1.807) is 16.8 Å². The SMILES string of the molecule is C=C1/C(=C/c2cnn3c(NC4CC4)cc(Nc4cc(Cl)ccc4F)nc23)CC(=O)N1COC(=O)CCN1CCN(C)CC1. The molecule has 3 aliphatic rings. The van der Waals surface area contributed by atoms with Crippen LogP contribution in [0.25, 0.3) is 11.7 Å². The average molecular weight is 609 g/mol. The van der Waals surface area contributed by atoms with Gasteiger partial charge in [-0.1, -0.05) is 18.2 Å². The summed E-state index contributed by atoms with van der Waals surface area (Å²) in [5.41, 5.74) is 2.50. The van der Waals surface area contributed by atoms with Gasteiger partial charge in [0.15, 0.2) is 12.4 Å². The Hall–Kier alpha value is -4.00. The molecule has 2 N–H and O–H groups in total. The highest BCUT2D eigenvalue weighted by molar-refractivity contribution is 6.30. The van der Waals surface area contributed by atoms with E-state index in [0.29, 0.717) is 51.7 Å². The number of hydrogen-bond acceptors (Lipinski definition) is 9. The molecular formula is C30H34ClFN8O3. The maximum Gasteiger partial charge on any atom is 0.308 e. The van der Waals surface area contributed by atoms with Crippen LogP contribution >= 0.6 is 11.6 Å². The van der Waals surface area contributed by atoms with Crippen LogP contribution in [0.2, 0.25) is 5.02 Å². The number of piperazine rings is 1. The lowest BCUT2D eigenvalue weighted by Gasteiger charge is -2.32. The van der Waals surface area contributed by atoms with Gasteiger partial charge in [-0.25, -0.2) is 9.37 Å². The molecule has 1 aromatic carbocycles. The van der Waals surface area contributed by atoms with Crippen LogP contribution in [0.3, 0.4) is 0 Å². The van der Waals surface area contributed by atoms with Crippen molar-refractivity contribution in [3.8, 4) is 0 Å². The minimum absolute atomic E-state index is 0.105. The molecule has 3 fully saturated rings. The molecule has 0 radical (unpaired) electrons. The van der Waals surface area contributed by atoms with Gasteiger partial charge in [0.1, 0.15) is 17.5 Å². The fraction of sp³-hybridized carbons (Fsp3) is 0.400. The summed E-state index contributed by atoms with van der Waals surface area (Å²) < 4.78 is 21.6. The summed E-state index contributed by atoms with van der Waals surface area (Å²) in [4.78, 5) is 35.9. The Morgan fingerprint density at radius 1 is 1.23 bits per heavy atom. The second-order valence-electron chi connectivity index (χ2n) is 11.2. The zero-order valence-electron chi connectivity index (χ0n) is 24.0. The number of nitrogens with one attached hydrogen (secondary N) is 2. The second-order valence-corrected chi connectivity index (χ2v) is 11.6. The van der Waals surface area contributed by atoms with E-state index in [1.807, 2.05) is 6.08 Å². The zero-order chi connectivity index (χ0) is 30.1. The van der Waals surface area contributed by atoms with E-state index in [1.165, 1.54) is 23.1 Å². The number of rotatable bonds is 10. The maximum atomic E-state index is 14.5. The first-order chi connectivity index (χ1) is 20.7. The standard InChI is InChI=1S/C30H34ClFN8O3/c1-19-20(14-28(41)39(19)18-43-29(42)7-8-38-11-9-37(2)10-12-38)13-21-17-33-40-27(34-23-4-5-23)16-26(36-30(21)40)35-25-15-22(31)3-6-24(25)32/h3,6,13,15-17,23,34H,1,4-5,7-12,14,18H2,2H3,(H,35,36)/b20-13+. The molecule has 0 atom stereocenters. The minimum Gasteiger partial charge on any atom is -0.444 e. The number of carbonyl (C=O) groups is 2. The summed E-state index contributed by atoms with van der Waals surface area (Å²) in [7, 11) is 2.09. The molecule has 43 heavy (non-hydrogen) atoms. The summed E-state index contributed by atoms with van der Waals surface area (Å²) in [5.74, 6) is 0.0921. The number of likely N-dealkylation sites (tertiary alicyclic amines) is 1. The van der Waals surface area contributed by atoms with E-state index >= 15 is 0 Å². The molecule has 1 amide bonds. The van der Waals surface area contributed by atoms with Crippen molar-refractivity contribution in [3.63, 3.8) is 0 Å². The number of aromatic nitrogens is 3. The number of carbonyl (C=O) groups excluding carboxylic acids is 2. The van der Waals surface area contributed by atoms with Crippen LogP contribution in [-0.4, -0.2) is 93.7 Å². The van der Waals surface area contributed by atoms with Crippen molar-refractivity contribution in [1.29, 1.82) is 0 Å². The summed E-state index contributed by atoms with van der Waals surface area (Å²) in [6.07, 6.45) is 5.94. The lowest BCUT2D eigenvalue weighted by atomic mass is 10.1. The molecule has 6 rings (SSSR count). The maximum absolute atomic E-state index is 14.5. The fourth-order valence-corrected chi connectivity index (χ4v) is 5.27. The number of hydrogen-bond donors (Lipinski definition) is 2. The van der Waals surface area contributed by atoms with E-state index in [0.717, 1.165) is 39.0 Å². The van der Waals surface area contributed by atoms with Crippen LogP contribution in [-0.2, 0) is 14.3 Å². The molecule has 2 aliphatic heterocycles. The van der Waals surface area contributed by atoms with Gasteiger partial charge < -0.3 is 25.2 Å². The number of allylic oxidation sites excluding steroid dienone is 1. The number of nitrogens with zero attached hydrogens (tertiary/aromatic N) is 6. The minimum atomic E-state index is -0.459. The van der Waals surface area contributed by atoms with Crippen molar-refractivity contribution < 1.29 is 18.7 Å². The van der Waals surface area contributed by atoms with Gasteiger partial charge in [0.05, 0.1) is 24.7 Å². The molecule has 13 heteroatoms. The van der Waals surface area contributed by atoms with Gasteiger partial charge in [-0.15, -0.1) is 0 Å². The lowest BCUT2D eigenvalue weighted by Crippen LogP contribution is -2.45. The zero-order valence-corrected chi connectivity index (χ0v) is 24.7. The summed E-state index contributed by atoms with van der Waals surface area (Å²) >= 11 is 6.09. The number of benzene rings is 1. The van der Waals surface area contributed by atoms with Gasteiger partial charge in [-0.3, -0.25) is 14.5 Å². The smallest absolute Gasteiger partial charge is 0.308 e. The number of halogens is 2. The third-order valence-electron chi connectivity index (χ3n) is 7.87. The Morgan fingerprint density at radius 2 is 2.02 bits per heavy atom. The Kier molecular flexibility index (Phi) is 8.33. The number of likely N-dealkylation sites (N-methyl/N-ethyl adjacent to an activating group) is 1. The van der Waals surface area contributed by atoms with Crippen LogP contribution in [0, 0.1) is 5.82 Å². The van der Waals surface area contributed by atoms with Gasteiger partial charge in [-0.05, 0) is 49.7 Å². The number of esters is 1. The van der Waals surface area contributed by atoms with Gasteiger partial charge in [0.2, 0.25) is 5.91 Å². The second kappa shape index (κ2) is 12.3. The molecule has 1 saturated carbocycles. The molecule has 0 unspecified atom stereocenters. The van der Waals surface area contributed by atoms with Crippen molar-refractivity contribution in [3.05, 3.63) is 64.7 Å². The first-order valence-corrected chi connectivity index (χ1v) is 14.8. The molecule has 0 spiro atoms. The Morgan fingerprint density at radius 3 is 2.79 bits per heavy atom. The monoisotopic (exact) mass is 608 g/mol. The molecule has 2 saturated heterocycles. The molecular weight excluding hydrogens is 575 g/mol. The highest BCUT2D eigenvalue weighted by Gasteiger charge is 2.30. The van der Waals surface area contributed by atoms with E-state index in [4.69, 9.17) is 21.3 Å². The molecule has 1 aliphatic carbocycles. The number of anilines is 3. The van der Waals surface area contributed by atoms with Crippen molar-refractivity contribution in [2.24, 2.45) is 0 Å². The molecule has 4 heterocycles. The van der Waals surface area contributed by atoms with Crippen molar-refractivity contribution >= 4 is 52.5 Å². The van der Waals surface area contributed by atoms with Crippen LogP contribution in [0.15, 0.2) is 48.3 Å². The van der Waals surface area contributed by atoms with E-state index < -0.39 is 5.82 Å². The van der Waals surface area contributed by atoms with Crippen LogP contribution in [0.5, 0.6) is 0 Å². The summed E-state index contributed by atoms with van der Waals surface area (Å²) in [6, 6.07) is 6.37. The Bertz CT molecular complexity index is 1600. The van der Waals surface area contributed by atoms with Crippen LogP contribution in [0.1, 0.15) is 31.2 Å². The number of fused-ring (bicyclic) bond motifs is 1. The predicted molar refractivity (Wildman–Crippen MR) is 162 cm³/mol. The molecule has 0 bridgehead atoms. The van der Waals surface area contributed by atoms with E-state index in [9.17, 15) is 14.0 Å². The predicted octanol–water partition coefficient (Wildman–Crippen LogP) is 4.11. The fourth-order valence-electron chi connectivity index (χ4n) is 5.10. The third-order valence-corrected chi connectivity index (χ3v) is 8.11. The summed E-state index contributed by atoms with van der Waals surface area (Å²) in [5, 5.41) is 11.4. The van der Waals surface area contributed by atoms with Crippen LogP contribution < -0.4 is 10.6 Å². The number of ether oxygens (including phenoxy) is 1. The lowest BCUT2D eigenvalue weighted by molar-refractivity contribution is -0.150. The van der Waals surface area contributed by atoms with Gasteiger partial charge >= 0.3 is 5.97 Å². The third kappa shape index (κ3) is 6.82. The average Bonchev–Trinajstić information content (AvgIpc) is 3.65. The van der Waals surface area contributed by atoms with Crippen molar-refractivity contribution in [2.45, 2.75) is 31.7 Å². The highest BCUT2D eigenvalue weighted by Crippen LogP contribution is 2.32. The van der Waals surface area contributed by atoms with Crippen molar-refractivity contribution in [2.75, 3.05) is 57.1 Å². The first kappa shape index (κ1) is 29.1. The molecule has 2 aromatic heterocycles. The molecule has 11 nitrogen and oxygen atoms in total.